The molecule has 0 unspecified atom stereocenters. The number of pyridine rings is 1. The molecule has 4 aromatic rings. The van der Waals surface area contributed by atoms with E-state index in [1.807, 2.05) is 0 Å². The van der Waals surface area contributed by atoms with E-state index in [0.717, 1.165) is 0 Å². The molecule has 108 valence electrons. The predicted octanol–water partition coefficient (Wildman–Crippen LogP) is 4.52. The number of hydrogen-bond donors (Lipinski definition) is 0. The smallest absolute Gasteiger partial charge is 0.224 e. The van der Waals surface area contributed by atoms with Gasteiger partial charge in [-0.2, -0.15) is 4.57 Å². The van der Waals surface area contributed by atoms with Gasteiger partial charge >= 0.3 is 0 Å². The molecule has 22 heavy (non-hydrogen) atoms. The highest BCUT2D eigenvalue weighted by atomic mass is 127. The lowest BCUT2D eigenvalue weighted by molar-refractivity contribution is -0.660. The van der Waals surface area contributed by atoms with Crippen molar-refractivity contribution >= 4 is 44.5 Å². The van der Waals surface area contributed by atoms with E-state index in [4.69, 9.17) is 0 Å². The quantitative estimate of drug-likeness (QED) is 0.253. The third-order valence-electron chi connectivity index (χ3n) is 4.27. The second-order valence-corrected chi connectivity index (χ2v) is 6.70. The molecule has 0 fully saturated rings. The number of nitrogens with zero attached hydrogens (tertiary/aromatic N) is 2. The maximum absolute atomic E-state index is 2.39. The van der Waals surface area contributed by atoms with Crippen molar-refractivity contribution < 1.29 is 4.57 Å². The zero-order valence-electron chi connectivity index (χ0n) is 12.5. The van der Waals surface area contributed by atoms with Crippen molar-refractivity contribution in [1.82, 2.24) is 4.57 Å². The SMILES string of the molecule is Cc1ccccc1-n1c2ccccc2c2ccc(I)[n+](C)c21. The van der Waals surface area contributed by atoms with E-state index in [0.29, 0.717) is 0 Å². The van der Waals surface area contributed by atoms with E-state index in [1.54, 1.807) is 0 Å². The van der Waals surface area contributed by atoms with Crippen LogP contribution in [0.15, 0.2) is 60.7 Å². The molecule has 2 nitrogen and oxygen atoms in total. The van der Waals surface area contributed by atoms with Crippen molar-refractivity contribution in [2.75, 3.05) is 0 Å². The van der Waals surface area contributed by atoms with E-state index >= 15 is 0 Å². The van der Waals surface area contributed by atoms with Gasteiger partial charge in [0, 0.05) is 28.0 Å². The zero-order valence-corrected chi connectivity index (χ0v) is 14.7. The minimum absolute atomic E-state index is 1.22. The topological polar surface area (TPSA) is 8.81 Å². The van der Waals surface area contributed by atoms with Crippen molar-refractivity contribution in [3.63, 3.8) is 0 Å². The minimum atomic E-state index is 1.22. The van der Waals surface area contributed by atoms with Gasteiger partial charge in [-0.05, 0) is 42.8 Å². The molecule has 0 radical (unpaired) electrons. The van der Waals surface area contributed by atoms with E-state index in [9.17, 15) is 0 Å². The van der Waals surface area contributed by atoms with Crippen LogP contribution in [0.3, 0.4) is 0 Å². The number of para-hydroxylation sites is 2. The minimum Gasteiger partial charge on any atom is -0.224 e. The van der Waals surface area contributed by atoms with Crippen LogP contribution in [0, 0.1) is 10.6 Å². The van der Waals surface area contributed by atoms with Gasteiger partial charge in [-0.15, -0.1) is 0 Å². The number of aryl methyl sites for hydroxylation is 2. The van der Waals surface area contributed by atoms with Gasteiger partial charge < -0.3 is 0 Å². The molecule has 2 heterocycles. The van der Waals surface area contributed by atoms with Gasteiger partial charge in [0.15, 0.2) is 3.70 Å². The fourth-order valence-electron chi connectivity index (χ4n) is 3.17. The first-order chi connectivity index (χ1) is 10.7. The van der Waals surface area contributed by atoms with Gasteiger partial charge in [-0.25, -0.2) is 4.57 Å². The first kappa shape index (κ1) is 13.8. The molecule has 0 atom stereocenters. The zero-order chi connectivity index (χ0) is 15.3. The highest BCUT2D eigenvalue weighted by Crippen LogP contribution is 2.31. The molecular weight excluding hydrogens is 383 g/mol. The molecule has 0 aliphatic carbocycles. The second-order valence-electron chi connectivity index (χ2n) is 5.59. The molecule has 2 aromatic carbocycles. The van der Waals surface area contributed by atoms with Gasteiger partial charge in [0.05, 0.1) is 12.4 Å². The second kappa shape index (κ2) is 5.09. The summed E-state index contributed by atoms with van der Waals surface area (Å²) in [6.45, 7) is 2.17. The highest BCUT2D eigenvalue weighted by molar-refractivity contribution is 14.1. The van der Waals surface area contributed by atoms with Crippen LogP contribution in [0.4, 0.5) is 0 Å². The first-order valence-corrected chi connectivity index (χ1v) is 8.40. The first-order valence-electron chi connectivity index (χ1n) is 7.32. The summed E-state index contributed by atoms with van der Waals surface area (Å²) in [5.41, 5.74) is 5.02. The van der Waals surface area contributed by atoms with Gasteiger partial charge in [0.1, 0.15) is 11.2 Å². The number of halogens is 1. The molecule has 0 amide bonds. The van der Waals surface area contributed by atoms with E-state index in [1.165, 1.54) is 36.9 Å². The molecule has 3 heteroatoms. The summed E-state index contributed by atoms with van der Waals surface area (Å²) in [6, 6.07) is 21.6. The predicted molar refractivity (Wildman–Crippen MR) is 99.4 cm³/mol. The Kier molecular flexibility index (Phi) is 3.18. The summed E-state index contributed by atoms with van der Waals surface area (Å²) < 4.78 is 5.87. The number of fused-ring (bicyclic) bond motifs is 3. The summed E-state index contributed by atoms with van der Waals surface area (Å²) >= 11 is 2.39. The number of rotatable bonds is 1. The Morgan fingerprint density at radius 2 is 1.59 bits per heavy atom. The summed E-state index contributed by atoms with van der Waals surface area (Å²) in [5.74, 6) is 0. The Morgan fingerprint density at radius 3 is 2.41 bits per heavy atom. The number of hydrogen-bond acceptors (Lipinski definition) is 0. The maximum atomic E-state index is 2.39. The number of aromatic nitrogens is 2. The van der Waals surface area contributed by atoms with Crippen LogP contribution in [0.25, 0.3) is 27.6 Å². The fraction of sp³-hybridized carbons (Fsp3) is 0.105. The van der Waals surface area contributed by atoms with Crippen LogP contribution in [0.5, 0.6) is 0 Å². The molecular formula is C19H16IN2+. The number of benzene rings is 2. The Labute approximate surface area is 143 Å². The Hall–Kier alpha value is -1.88. The van der Waals surface area contributed by atoms with E-state index in [2.05, 4.69) is 106 Å². The van der Waals surface area contributed by atoms with Gasteiger partial charge in [-0.1, -0.05) is 30.3 Å². The average molecular weight is 399 g/mol. The van der Waals surface area contributed by atoms with Crippen LogP contribution < -0.4 is 4.57 Å². The van der Waals surface area contributed by atoms with E-state index < -0.39 is 0 Å². The van der Waals surface area contributed by atoms with Crippen molar-refractivity contribution in [3.8, 4) is 5.69 Å². The molecule has 4 rings (SSSR count). The molecule has 0 spiro atoms. The third-order valence-corrected chi connectivity index (χ3v) is 5.35. The lowest BCUT2D eigenvalue weighted by Gasteiger charge is -2.06. The van der Waals surface area contributed by atoms with Gasteiger partial charge in [-0.3, -0.25) is 0 Å². The molecule has 0 aliphatic heterocycles. The summed E-state index contributed by atoms with van der Waals surface area (Å²) in [7, 11) is 2.14. The molecule has 2 aromatic heterocycles. The lowest BCUT2D eigenvalue weighted by Crippen LogP contribution is -2.34. The molecule has 0 N–H and O–H groups in total. The average Bonchev–Trinajstić information content (AvgIpc) is 2.87. The fourth-order valence-corrected chi connectivity index (χ4v) is 3.58. The monoisotopic (exact) mass is 399 g/mol. The normalized spacial score (nSPS) is 11.4. The van der Waals surface area contributed by atoms with Crippen LogP contribution in [-0.2, 0) is 7.05 Å². The van der Waals surface area contributed by atoms with Crippen LogP contribution in [0.1, 0.15) is 5.56 Å². The van der Waals surface area contributed by atoms with E-state index in [-0.39, 0.29) is 0 Å². The maximum Gasteiger partial charge on any atom is 0.295 e. The third kappa shape index (κ3) is 1.88. The van der Waals surface area contributed by atoms with Crippen molar-refractivity contribution in [3.05, 3.63) is 69.9 Å². The largest absolute Gasteiger partial charge is 0.295 e. The Bertz CT molecular complexity index is 1010. The summed E-state index contributed by atoms with van der Waals surface area (Å²) in [5, 5.41) is 2.59. The van der Waals surface area contributed by atoms with Gasteiger partial charge in [0.25, 0.3) is 5.65 Å². The molecule has 0 bridgehead atoms. The lowest BCUT2D eigenvalue weighted by atomic mass is 10.2. The molecule has 0 aliphatic rings. The molecule has 0 saturated carbocycles. The van der Waals surface area contributed by atoms with Crippen molar-refractivity contribution in [2.45, 2.75) is 6.92 Å². The summed E-state index contributed by atoms with van der Waals surface area (Å²) in [6.07, 6.45) is 0. The van der Waals surface area contributed by atoms with Crippen molar-refractivity contribution in [1.29, 1.82) is 0 Å². The van der Waals surface area contributed by atoms with Crippen LogP contribution >= 0.6 is 22.6 Å². The summed E-state index contributed by atoms with van der Waals surface area (Å²) in [4.78, 5) is 0. The Balaban J connectivity index is 2.29. The van der Waals surface area contributed by atoms with Crippen molar-refractivity contribution in [2.24, 2.45) is 7.05 Å². The highest BCUT2D eigenvalue weighted by Gasteiger charge is 2.23. The Morgan fingerprint density at radius 1 is 0.864 bits per heavy atom. The van der Waals surface area contributed by atoms with Crippen LogP contribution in [0.2, 0.25) is 0 Å². The standard InChI is InChI=1S/C19H16IN2/c1-13-7-3-5-9-16(13)22-17-10-6-4-8-14(17)15-11-12-18(20)21(2)19(15)22/h3-12H,1-2H3/q+1. The molecule has 0 saturated heterocycles. The van der Waals surface area contributed by atoms with Crippen LogP contribution in [-0.4, -0.2) is 4.57 Å². The van der Waals surface area contributed by atoms with Gasteiger partial charge in [0.2, 0.25) is 0 Å².